The Labute approximate surface area is 122 Å². The van der Waals surface area contributed by atoms with Gasteiger partial charge in [-0.15, -0.1) is 0 Å². The molecule has 1 aromatic rings. The SMILES string of the molecule is CC(C(=O)c1ccccc1)N1CCCC1C1CCCC1. The highest BCUT2D eigenvalue weighted by molar-refractivity contribution is 5.99. The van der Waals surface area contributed by atoms with Crippen LogP contribution in [0.3, 0.4) is 0 Å². The van der Waals surface area contributed by atoms with Gasteiger partial charge in [0, 0.05) is 11.6 Å². The summed E-state index contributed by atoms with van der Waals surface area (Å²) in [5.74, 6) is 1.12. The molecule has 1 aliphatic heterocycles. The quantitative estimate of drug-likeness (QED) is 0.774. The van der Waals surface area contributed by atoms with Crippen LogP contribution in [0.5, 0.6) is 0 Å². The maximum atomic E-state index is 12.7. The summed E-state index contributed by atoms with van der Waals surface area (Å²) >= 11 is 0. The molecule has 1 aromatic carbocycles. The van der Waals surface area contributed by atoms with E-state index in [4.69, 9.17) is 0 Å². The van der Waals surface area contributed by atoms with Crippen LogP contribution in [0.2, 0.25) is 0 Å². The van der Waals surface area contributed by atoms with Crippen LogP contribution in [0.1, 0.15) is 55.8 Å². The summed E-state index contributed by atoms with van der Waals surface area (Å²) < 4.78 is 0. The molecule has 0 N–H and O–H groups in total. The molecule has 2 nitrogen and oxygen atoms in total. The summed E-state index contributed by atoms with van der Waals surface area (Å²) in [6.45, 7) is 3.20. The van der Waals surface area contributed by atoms with Gasteiger partial charge in [-0.1, -0.05) is 43.2 Å². The molecule has 2 unspecified atom stereocenters. The zero-order valence-electron chi connectivity index (χ0n) is 12.4. The summed E-state index contributed by atoms with van der Waals surface area (Å²) in [7, 11) is 0. The Hall–Kier alpha value is -1.15. The second kappa shape index (κ2) is 6.09. The number of rotatable bonds is 4. The number of benzene rings is 1. The van der Waals surface area contributed by atoms with Crippen LogP contribution in [0.25, 0.3) is 0 Å². The predicted molar refractivity (Wildman–Crippen MR) is 81.9 cm³/mol. The van der Waals surface area contributed by atoms with E-state index in [0.29, 0.717) is 6.04 Å². The number of Topliss-reactive ketones (excluding diaryl/α,β-unsaturated/α-hetero) is 1. The van der Waals surface area contributed by atoms with E-state index in [-0.39, 0.29) is 11.8 Å². The van der Waals surface area contributed by atoms with Gasteiger partial charge in [0.05, 0.1) is 6.04 Å². The van der Waals surface area contributed by atoms with Gasteiger partial charge in [0.25, 0.3) is 0 Å². The van der Waals surface area contributed by atoms with E-state index < -0.39 is 0 Å². The van der Waals surface area contributed by atoms with Crippen molar-refractivity contribution in [2.45, 2.75) is 57.5 Å². The van der Waals surface area contributed by atoms with E-state index in [2.05, 4.69) is 11.8 Å². The minimum absolute atomic E-state index is 0.0329. The predicted octanol–water partition coefficient (Wildman–Crippen LogP) is 3.91. The highest BCUT2D eigenvalue weighted by atomic mass is 16.1. The van der Waals surface area contributed by atoms with E-state index in [1.807, 2.05) is 30.3 Å². The number of ketones is 1. The Balaban J connectivity index is 1.72. The first-order valence-corrected chi connectivity index (χ1v) is 8.12. The van der Waals surface area contributed by atoms with Crippen LogP contribution in [0.4, 0.5) is 0 Å². The van der Waals surface area contributed by atoms with Crippen LogP contribution in [0, 0.1) is 5.92 Å². The topological polar surface area (TPSA) is 20.3 Å². The van der Waals surface area contributed by atoms with Crippen molar-refractivity contribution in [3.05, 3.63) is 35.9 Å². The van der Waals surface area contributed by atoms with Gasteiger partial charge in [-0.3, -0.25) is 9.69 Å². The fourth-order valence-electron chi connectivity index (χ4n) is 4.14. The zero-order valence-corrected chi connectivity index (χ0v) is 12.4. The van der Waals surface area contributed by atoms with E-state index in [1.165, 1.54) is 38.5 Å². The van der Waals surface area contributed by atoms with Crippen molar-refractivity contribution >= 4 is 5.78 Å². The highest BCUT2D eigenvalue weighted by Gasteiger charge is 2.37. The monoisotopic (exact) mass is 271 g/mol. The second-order valence-corrected chi connectivity index (χ2v) is 6.40. The van der Waals surface area contributed by atoms with E-state index in [1.54, 1.807) is 0 Å². The van der Waals surface area contributed by atoms with Crippen molar-refractivity contribution in [2.75, 3.05) is 6.54 Å². The summed E-state index contributed by atoms with van der Waals surface area (Å²) in [5.41, 5.74) is 0.858. The fraction of sp³-hybridized carbons (Fsp3) is 0.611. The average molecular weight is 271 g/mol. The molecule has 0 aromatic heterocycles. The lowest BCUT2D eigenvalue weighted by Gasteiger charge is -2.33. The van der Waals surface area contributed by atoms with E-state index in [9.17, 15) is 4.79 Å². The number of nitrogens with zero attached hydrogens (tertiary/aromatic N) is 1. The van der Waals surface area contributed by atoms with Gasteiger partial charge in [-0.05, 0) is 45.1 Å². The molecule has 1 saturated carbocycles. The smallest absolute Gasteiger partial charge is 0.179 e. The van der Waals surface area contributed by atoms with Gasteiger partial charge >= 0.3 is 0 Å². The molecule has 1 aliphatic carbocycles. The molecule has 20 heavy (non-hydrogen) atoms. The first kappa shape index (κ1) is 13.8. The van der Waals surface area contributed by atoms with Gasteiger partial charge in [0.1, 0.15) is 0 Å². The second-order valence-electron chi connectivity index (χ2n) is 6.40. The molecular formula is C18H25NO. The van der Waals surface area contributed by atoms with Crippen molar-refractivity contribution < 1.29 is 4.79 Å². The lowest BCUT2D eigenvalue weighted by Crippen LogP contribution is -2.44. The van der Waals surface area contributed by atoms with Crippen molar-refractivity contribution in [1.82, 2.24) is 4.90 Å². The first-order valence-electron chi connectivity index (χ1n) is 8.12. The minimum Gasteiger partial charge on any atom is -0.292 e. The Bertz CT molecular complexity index is 450. The Morgan fingerprint density at radius 1 is 1.10 bits per heavy atom. The molecule has 0 spiro atoms. The van der Waals surface area contributed by atoms with E-state index >= 15 is 0 Å². The number of carbonyl (C=O) groups is 1. The molecule has 0 amide bonds. The molecular weight excluding hydrogens is 246 g/mol. The van der Waals surface area contributed by atoms with Crippen molar-refractivity contribution in [3.8, 4) is 0 Å². The van der Waals surface area contributed by atoms with Crippen LogP contribution >= 0.6 is 0 Å². The molecule has 108 valence electrons. The summed E-state index contributed by atoms with van der Waals surface area (Å²) in [5, 5.41) is 0. The number of likely N-dealkylation sites (tertiary alicyclic amines) is 1. The first-order chi connectivity index (χ1) is 9.77. The lowest BCUT2D eigenvalue weighted by atomic mass is 9.94. The minimum atomic E-state index is 0.0329. The summed E-state index contributed by atoms with van der Waals surface area (Å²) in [4.78, 5) is 15.1. The molecule has 0 radical (unpaired) electrons. The van der Waals surface area contributed by atoms with Gasteiger partial charge in [-0.2, -0.15) is 0 Å². The lowest BCUT2D eigenvalue weighted by molar-refractivity contribution is 0.0770. The summed E-state index contributed by atoms with van der Waals surface area (Å²) in [6.07, 6.45) is 8.05. The molecule has 2 fully saturated rings. The number of carbonyl (C=O) groups excluding carboxylic acids is 1. The third-order valence-electron chi connectivity index (χ3n) is 5.22. The maximum absolute atomic E-state index is 12.7. The van der Waals surface area contributed by atoms with Gasteiger partial charge in [0.2, 0.25) is 0 Å². The van der Waals surface area contributed by atoms with Gasteiger partial charge in [0.15, 0.2) is 5.78 Å². The van der Waals surface area contributed by atoms with Gasteiger partial charge < -0.3 is 0 Å². The summed E-state index contributed by atoms with van der Waals surface area (Å²) in [6, 6.07) is 10.5. The molecule has 3 rings (SSSR count). The maximum Gasteiger partial charge on any atom is 0.179 e. The molecule has 1 saturated heterocycles. The normalized spacial score (nSPS) is 25.9. The third kappa shape index (κ3) is 2.67. The highest BCUT2D eigenvalue weighted by Crippen LogP contribution is 2.36. The average Bonchev–Trinajstić information content (AvgIpc) is 3.16. The fourth-order valence-corrected chi connectivity index (χ4v) is 4.14. The largest absolute Gasteiger partial charge is 0.292 e. The third-order valence-corrected chi connectivity index (χ3v) is 5.22. The molecule has 2 heteroatoms. The van der Waals surface area contributed by atoms with Crippen LogP contribution in [-0.4, -0.2) is 29.3 Å². The molecule has 2 atom stereocenters. The number of hydrogen-bond donors (Lipinski definition) is 0. The van der Waals surface area contributed by atoms with Crippen molar-refractivity contribution in [3.63, 3.8) is 0 Å². The van der Waals surface area contributed by atoms with Crippen LogP contribution < -0.4 is 0 Å². The van der Waals surface area contributed by atoms with Crippen LogP contribution in [0.15, 0.2) is 30.3 Å². The standard InChI is InChI=1S/C18H25NO/c1-14(18(20)16-10-3-2-4-11-16)19-13-7-12-17(19)15-8-5-6-9-15/h2-4,10-11,14-15,17H,5-9,12-13H2,1H3. The Morgan fingerprint density at radius 3 is 2.50 bits per heavy atom. The Morgan fingerprint density at radius 2 is 1.80 bits per heavy atom. The molecule has 0 bridgehead atoms. The van der Waals surface area contributed by atoms with Crippen LogP contribution in [-0.2, 0) is 0 Å². The van der Waals surface area contributed by atoms with Crippen molar-refractivity contribution in [1.29, 1.82) is 0 Å². The van der Waals surface area contributed by atoms with E-state index in [0.717, 1.165) is 18.0 Å². The number of hydrogen-bond acceptors (Lipinski definition) is 2. The van der Waals surface area contributed by atoms with Crippen molar-refractivity contribution in [2.24, 2.45) is 5.92 Å². The molecule has 1 heterocycles. The molecule has 2 aliphatic rings. The zero-order chi connectivity index (χ0) is 13.9. The Kier molecular flexibility index (Phi) is 4.21. The van der Waals surface area contributed by atoms with Gasteiger partial charge in [-0.25, -0.2) is 0 Å².